The summed E-state index contributed by atoms with van der Waals surface area (Å²) in [6.45, 7) is 5.21. The molecule has 0 unspecified atom stereocenters. The van der Waals surface area contributed by atoms with Crippen LogP contribution in [0.3, 0.4) is 0 Å². The standard InChI is InChI=1S/C19H25N5O2/c1-22-8-6-17(21-22)19(25)24-7-2-3-18(24)16-5-4-15(13-20-16)14-23-9-11-26-12-10-23/h4-6,8,13,18H,2-3,7,9-12,14H2,1H3/t18-/m1/s1. The van der Waals surface area contributed by atoms with Crippen molar-refractivity contribution in [1.82, 2.24) is 24.6 Å². The SMILES string of the molecule is Cn1ccc(C(=O)N2CCC[C@@H]2c2ccc(CN3CCOCC3)cn2)n1. The molecule has 2 aliphatic heterocycles. The molecule has 2 aromatic heterocycles. The second-order valence-corrected chi connectivity index (χ2v) is 7.01. The lowest BCUT2D eigenvalue weighted by atomic mass is 10.1. The smallest absolute Gasteiger partial charge is 0.274 e. The summed E-state index contributed by atoms with van der Waals surface area (Å²) in [7, 11) is 1.83. The average Bonchev–Trinajstić information content (AvgIpc) is 3.32. The fourth-order valence-electron chi connectivity index (χ4n) is 3.74. The van der Waals surface area contributed by atoms with E-state index in [1.54, 1.807) is 16.9 Å². The Kier molecular flexibility index (Phi) is 4.99. The first-order valence-corrected chi connectivity index (χ1v) is 9.26. The molecule has 0 aliphatic carbocycles. The highest BCUT2D eigenvalue weighted by Crippen LogP contribution is 2.32. The summed E-state index contributed by atoms with van der Waals surface area (Å²) < 4.78 is 7.06. The number of likely N-dealkylation sites (tertiary alicyclic amines) is 1. The zero-order valence-electron chi connectivity index (χ0n) is 15.2. The first-order valence-electron chi connectivity index (χ1n) is 9.26. The van der Waals surface area contributed by atoms with Crippen LogP contribution in [0, 0.1) is 0 Å². The molecule has 2 aliphatic rings. The Hall–Kier alpha value is -2.25. The number of hydrogen-bond donors (Lipinski definition) is 0. The Labute approximate surface area is 153 Å². The highest BCUT2D eigenvalue weighted by molar-refractivity contribution is 5.92. The third-order valence-corrected chi connectivity index (χ3v) is 5.15. The third kappa shape index (κ3) is 3.64. The maximum atomic E-state index is 12.8. The van der Waals surface area contributed by atoms with Crippen LogP contribution in [-0.4, -0.2) is 63.3 Å². The molecule has 4 heterocycles. The minimum absolute atomic E-state index is 0.00714. The van der Waals surface area contributed by atoms with Gasteiger partial charge in [0.2, 0.25) is 0 Å². The maximum absolute atomic E-state index is 12.8. The number of amides is 1. The molecule has 4 rings (SSSR count). The quantitative estimate of drug-likeness (QED) is 0.834. The zero-order valence-corrected chi connectivity index (χ0v) is 15.2. The van der Waals surface area contributed by atoms with Crippen molar-refractivity contribution in [2.75, 3.05) is 32.8 Å². The van der Waals surface area contributed by atoms with Crippen molar-refractivity contribution in [2.24, 2.45) is 7.05 Å². The van der Waals surface area contributed by atoms with Gasteiger partial charge in [-0.05, 0) is 30.5 Å². The lowest BCUT2D eigenvalue weighted by Crippen LogP contribution is -2.35. The Morgan fingerprint density at radius 1 is 1.23 bits per heavy atom. The van der Waals surface area contributed by atoms with Crippen LogP contribution in [-0.2, 0) is 18.3 Å². The van der Waals surface area contributed by atoms with Gasteiger partial charge in [0.05, 0.1) is 24.9 Å². The first-order chi connectivity index (χ1) is 12.7. The van der Waals surface area contributed by atoms with Crippen molar-refractivity contribution >= 4 is 5.91 Å². The number of rotatable bonds is 4. The van der Waals surface area contributed by atoms with E-state index in [0.717, 1.165) is 57.9 Å². The van der Waals surface area contributed by atoms with Gasteiger partial charge in [-0.25, -0.2) is 0 Å². The number of aryl methyl sites for hydroxylation is 1. The van der Waals surface area contributed by atoms with E-state index in [4.69, 9.17) is 4.74 Å². The maximum Gasteiger partial charge on any atom is 0.274 e. The molecule has 0 spiro atoms. The van der Waals surface area contributed by atoms with Gasteiger partial charge in [-0.15, -0.1) is 0 Å². The zero-order chi connectivity index (χ0) is 17.9. The van der Waals surface area contributed by atoms with Gasteiger partial charge in [0.1, 0.15) is 5.69 Å². The van der Waals surface area contributed by atoms with Crippen LogP contribution in [0.1, 0.15) is 40.6 Å². The fraction of sp³-hybridized carbons (Fsp3) is 0.526. The molecule has 0 N–H and O–H groups in total. The molecule has 0 aromatic carbocycles. The van der Waals surface area contributed by atoms with Gasteiger partial charge in [0.25, 0.3) is 5.91 Å². The van der Waals surface area contributed by atoms with Gasteiger partial charge < -0.3 is 9.64 Å². The normalized spacial score (nSPS) is 21.3. The van der Waals surface area contributed by atoms with E-state index < -0.39 is 0 Å². The number of carbonyl (C=O) groups excluding carboxylic acids is 1. The van der Waals surface area contributed by atoms with Crippen molar-refractivity contribution < 1.29 is 9.53 Å². The predicted octanol–water partition coefficient (Wildman–Crippen LogP) is 1.62. The van der Waals surface area contributed by atoms with E-state index >= 15 is 0 Å². The molecule has 2 aromatic rings. The second kappa shape index (κ2) is 7.55. The van der Waals surface area contributed by atoms with Crippen molar-refractivity contribution in [3.8, 4) is 0 Å². The second-order valence-electron chi connectivity index (χ2n) is 7.01. The third-order valence-electron chi connectivity index (χ3n) is 5.15. The lowest BCUT2D eigenvalue weighted by Gasteiger charge is -2.27. The number of hydrogen-bond acceptors (Lipinski definition) is 5. The molecular weight excluding hydrogens is 330 g/mol. The number of morpholine rings is 1. The summed E-state index contributed by atoms with van der Waals surface area (Å²) in [6.07, 6.45) is 5.71. The van der Waals surface area contributed by atoms with Gasteiger partial charge in [0, 0.05) is 45.6 Å². The van der Waals surface area contributed by atoms with Gasteiger partial charge in [-0.2, -0.15) is 5.10 Å². The summed E-state index contributed by atoms with van der Waals surface area (Å²) in [5.74, 6) is -0.00714. The monoisotopic (exact) mass is 355 g/mol. The largest absolute Gasteiger partial charge is 0.379 e. The van der Waals surface area contributed by atoms with Crippen LogP contribution in [0.5, 0.6) is 0 Å². The van der Waals surface area contributed by atoms with E-state index in [1.807, 2.05) is 18.1 Å². The number of aromatic nitrogens is 3. The first kappa shape index (κ1) is 17.2. The predicted molar refractivity (Wildman–Crippen MR) is 96.6 cm³/mol. The molecule has 138 valence electrons. The molecule has 0 saturated carbocycles. The molecule has 1 atom stereocenters. The number of nitrogens with zero attached hydrogens (tertiary/aromatic N) is 5. The van der Waals surface area contributed by atoms with E-state index in [9.17, 15) is 4.79 Å². The van der Waals surface area contributed by atoms with Crippen molar-refractivity contribution in [3.05, 3.63) is 47.5 Å². The molecule has 7 heteroatoms. The summed E-state index contributed by atoms with van der Waals surface area (Å²) in [4.78, 5) is 21.7. The highest BCUT2D eigenvalue weighted by Gasteiger charge is 2.32. The van der Waals surface area contributed by atoms with Crippen LogP contribution >= 0.6 is 0 Å². The van der Waals surface area contributed by atoms with Gasteiger partial charge >= 0.3 is 0 Å². The summed E-state index contributed by atoms with van der Waals surface area (Å²) in [6, 6.07) is 6.03. The highest BCUT2D eigenvalue weighted by atomic mass is 16.5. The van der Waals surface area contributed by atoms with E-state index in [-0.39, 0.29) is 11.9 Å². The molecule has 7 nitrogen and oxygen atoms in total. The molecule has 2 fully saturated rings. The van der Waals surface area contributed by atoms with Crippen molar-refractivity contribution in [2.45, 2.75) is 25.4 Å². The Morgan fingerprint density at radius 3 is 2.77 bits per heavy atom. The fourth-order valence-corrected chi connectivity index (χ4v) is 3.74. The minimum Gasteiger partial charge on any atom is -0.379 e. The van der Waals surface area contributed by atoms with Crippen LogP contribution in [0.2, 0.25) is 0 Å². The Morgan fingerprint density at radius 2 is 2.08 bits per heavy atom. The van der Waals surface area contributed by atoms with Crippen LogP contribution in [0.4, 0.5) is 0 Å². The summed E-state index contributed by atoms with van der Waals surface area (Å²) in [5.41, 5.74) is 2.68. The topological polar surface area (TPSA) is 63.5 Å². The van der Waals surface area contributed by atoms with Crippen molar-refractivity contribution in [1.29, 1.82) is 0 Å². The van der Waals surface area contributed by atoms with Crippen LogP contribution in [0.25, 0.3) is 0 Å². The van der Waals surface area contributed by atoms with Crippen LogP contribution < -0.4 is 0 Å². The Balaban J connectivity index is 1.44. The van der Waals surface area contributed by atoms with Gasteiger partial charge in [-0.3, -0.25) is 19.4 Å². The molecule has 26 heavy (non-hydrogen) atoms. The van der Waals surface area contributed by atoms with E-state index in [2.05, 4.69) is 27.1 Å². The molecule has 2 saturated heterocycles. The van der Waals surface area contributed by atoms with Crippen molar-refractivity contribution in [3.63, 3.8) is 0 Å². The van der Waals surface area contributed by atoms with Gasteiger partial charge in [-0.1, -0.05) is 6.07 Å². The van der Waals surface area contributed by atoms with E-state index in [1.165, 1.54) is 5.56 Å². The number of pyridine rings is 1. The lowest BCUT2D eigenvalue weighted by molar-refractivity contribution is 0.0341. The molecular formula is C19H25N5O2. The summed E-state index contributed by atoms with van der Waals surface area (Å²) >= 11 is 0. The molecule has 0 radical (unpaired) electrons. The van der Waals surface area contributed by atoms with E-state index in [0.29, 0.717) is 5.69 Å². The number of carbonyl (C=O) groups is 1. The van der Waals surface area contributed by atoms with Gasteiger partial charge in [0.15, 0.2) is 0 Å². The summed E-state index contributed by atoms with van der Waals surface area (Å²) in [5, 5.41) is 4.25. The molecule has 1 amide bonds. The Bertz CT molecular complexity index is 752. The molecule has 0 bridgehead atoms. The minimum atomic E-state index is -0.00714. The average molecular weight is 355 g/mol. The van der Waals surface area contributed by atoms with Crippen LogP contribution in [0.15, 0.2) is 30.6 Å². The number of ether oxygens (including phenoxy) is 1.